The van der Waals surface area contributed by atoms with Crippen LogP contribution in [0.3, 0.4) is 0 Å². The molecule has 3 rings (SSSR count). The average molecular weight is 386 g/mol. The van der Waals surface area contributed by atoms with Crippen LogP contribution in [0.2, 0.25) is 0 Å². The largest absolute Gasteiger partial charge is 0.507 e. The lowest BCUT2D eigenvalue weighted by Crippen LogP contribution is -2.29. The van der Waals surface area contributed by atoms with Gasteiger partial charge in [-0.05, 0) is 35.6 Å². The Kier molecular flexibility index (Phi) is 5.98. The quantitative estimate of drug-likeness (QED) is 0.622. The van der Waals surface area contributed by atoms with Gasteiger partial charge in [-0.2, -0.15) is 0 Å². The molecule has 0 radical (unpaired) electrons. The highest BCUT2D eigenvalue weighted by molar-refractivity contribution is 7.91. The maximum Gasteiger partial charge on any atom is 0.153 e. The van der Waals surface area contributed by atoms with Crippen LogP contribution in [0.1, 0.15) is 5.56 Å². The van der Waals surface area contributed by atoms with Gasteiger partial charge in [0.2, 0.25) is 0 Å². The Morgan fingerprint density at radius 1 is 0.889 bits per heavy atom. The summed E-state index contributed by atoms with van der Waals surface area (Å²) >= 11 is 0. The summed E-state index contributed by atoms with van der Waals surface area (Å²) < 4.78 is 30.1. The molecule has 0 aliphatic rings. The van der Waals surface area contributed by atoms with Gasteiger partial charge in [0.25, 0.3) is 0 Å². The van der Waals surface area contributed by atoms with Gasteiger partial charge in [-0.25, -0.2) is 8.42 Å². The summed E-state index contributed by atoms with van der Waals surface area (Å²) in [4.78, 5) is 0. The number of sulfone groups is 1. The summed E-state index contributed by atoms with van der Waals surface area (Å²) in [7, 11) is -3.45. The van der Waals surface area contributed by atoms with Crippen molar-refractivity contribution in [3.05, 3.63) is 72.3 Å². The third-order valence-corrected chi connectivity index (χ3v) is 6.02. The Morgan fingerprint density at radius 2 is 1.59 bits per heavy atom. The second-order valence-corrected chi connectivity index (χ2v) is 8.66. The molecule has 3 aromatic carbocycles. The molecule has 0 spiro atoms. The van der Waals surface area contributed by atoms with Crippen LogP contribution in [-0.2, 0) is 16.3 Å². The molecule has 0 bridgehead atoms. The lowest BCUT2D eigenvalue weighted by atomic mass is 10.0. The number of para-hydroxylation sites is 1. The summed E-state index contributed by atoms with van der Waals surface area (Å²) in [6.07, 6.45) is -0.776. The molecule has 1 unspecified atom stereocenters. The molecule has 0 aliphatic carbocycles. The molecule has 27 heavy (non-hydrogen) atoms. The molecule has 5 nitrogen and oxygen atoms in total. The zero-order valence-electron chi connectivity index (χ0n) is 14.8. The molecule has 3 aromatic rings. The summed E-state index contributed by atoms with van der Waals surface area (Å²) in [5.41, 5.74) is 0.849. The number of aliphatic hydroxyl groups is 1. The molecular weight excluding hydrogens is 364 g/mol. The lowest BCUT2D eigenvalue weighted by Gasteiger charge is -2.13. The molecule has 142 valence electrons. The number of ether oxygens (including phenoxy) is 1. The number of aryl methyl sites for hydroxylation is 1. The van der Waals surface area contributed by atoms with Gasteiger partial charge >= 0.3 is 0 Å². The SMILES string of the molecule is O=S(=O)(CCc1cccc2c(O)cccc12)CC(O)COc1ccccc1. The molecule has 0 saturated carbocycles. The van der Waals surface area contributed by atoms with E-state index in [1.165, 1.54) is 0 Å². The Hall–Kier alpha value is -2.57. The van der Waals surface area contributed by atoms with Crippen LogP contribution in [-0.4, -0.2) is 42.8 Å². The van der Waals surface area contributed by atoms with E-state index in [2.05, 4.69) is 0 Å². The van der Waals surface area contributed by atoms with Crippen LogP contribution in [0.4, 0.5) is 0 Å². The monoisotopic (exact) mass is 386 g/mol. The summed E-state index contributed by atoms with van der Waals surface area (Å²) in [6, 6.07) is 19.6. The van der Waals surface area contributed by atoms with Crippen molar-refractivity contribution in [2.45, 2.75) is 12.5 Å². The van der Waals surface area contributed by atoms with E-state index in [4.69, 9.17) is 4.74 Å². The number of benzene rings is 3. The zero-order valence-corrected chi connectivity index (χ0v) is 15.6. The van der Waals surface area contributed by atoms with Gasteiger partial charge in [-0.15, -0.1) is 0 Å². The molecule has 0 saturated heterocycles. The number of aliphatic hydroxyl groups excluding tert-OH is 1. The average Bonchev–Trinajstić information content (AvgIpc) is 2.66. The highest BCUT2D eigenvalue weighted by atomic mass is 32.2. The highest BCUT2D eigenvalue weighted by Crippen LogP contribution is 2.27. The van der Waals surface area contributed by atoms with Crippen molar-refractivity contribution in [1.29, 1.82) is 0 Å². The number of rotatable bonds is 8. The lowest BCUT2D eigenvalue weighted by molar-refractivity contribution is 0.125. The van der Waals surface area contributed by atoms with Gasteiger partial charge in [0, 0.05) is 5.39 Å². The Morgan fingerprint density at radius 3 is 2.37 bits per heavy atom. The predicted molar refractivity (Wildman–Crippen MR) is 106 cm³/mol. The van der Waals surface area contributed by atoms with Crippen molar-refractivity contribution < 1.29 is 23.4 Å². The normalized spacial score (nSPS) is 12.8. The first-order chi connectivity index (χ1) is 12.9. The summed E-state index contributed by atoms with van der Waals surface area (Å²) in [5, 5.41) is 21.5. The van der Waals surface area contributed by atoms with E-state index >= 15 is 0 Å². The minimum atomic E-state index is -3.45. The highest BCUT2D eigenvalue weighted by Gasteiger charge is 2.18. The van der Waals surface area contributed by atoms with Crippen LogP contribution in [0.25, 0.3) is 10.8 Å². The van der Waals surface area contributed by atoms with E-state index in [0.29, 0.717) is 17.6 Å². The standard InChI is InChI=1S/C21H22O5S/c22-17(14-26-18-7-2-1-3-8-18)15-27(24,25)13-12-16-6-4-10-20-19(16)9-5-11-21(20)23/h1-11,17,22-23H,12-15H2. The Balaban J connectivity index is 1.59. The van der Waals surface area contributed by atoms with Gasteiger partial charge in [0.05, 0.1) is 11.5 Å². The fourth-order valence-corrected chi connectivity index (χ4v) is 4.36. The topological polar surface area (TPSA) is 83.8 Å². The maximum absolute atomic E-state index is 12.4. The van der Waals surface area contributed by atoms with Gasteiger partial charge in [0.1, 0.15) is 24.2 Å². The van der Waals surface area contributed by atoms with E-state index in [1.807, 2.05) is 18.2 Å². The van der Waals surface area contributed by atoms with Crippen molar-refractivity contribution in [3.63, 3.8) is 0 Å². The first kappa shape index (κ1) is 19.2. The van der Waals surface area contributed by atoms with Crippen molar-refractivity contribution in [1.82, 2.24) is 0 Å². The van der Waals surface area contributed by atoms with E-state index in [1.54, 1.807) is 48.5 Å². The summed E-state index contributed by atoms with van der Waals surface area (Å²) in [5.74, 6) is 0.329. The second-order valence-electron chi connectivity index (χ2n) is 6.43. The van der Waals surface area contributed by atoms with Crippen molar-refractivity contribution >= 4 is 20.6 Å². The third kappa shape index (κ3) is 5.21. The zero-order chi connectivity index (χ0) is 19.3. The van der Waals surface area contributed by atoms with E-state index in [9.17, 15) is 18.6 Å². The summed E-state index contributed by atoms with van der Waals surface area (Å²) in [6.45, 7) is -0.0780. The molecular formula is C21H22O5S. The van der Waals surface area contributed by atoms with Crippen molar-refractivity contribution in [2.24, 2.45) is 0 Å². The number of fused-ring (bicyclic) bond motifs is 1. The van der Waals surface area contributed by atoms with Gasteiger partial charge in [-0.3, -0.25) is 0 Å². The van der Waals surface area contributed by atoms with Crippen LogP contribution < -0.4 is 4.74 Å². The third-order valence-electron chi connectivity index (χ3n) is 4.30. The maximum atomic E-state index is 12.4. The molecule has 0 fully saturated rings. The minimum absolute atomic E-state index is 0.0780. The first-order valence-electron chi connectivity index (χ1n) is 8.70. The number of hydrogen-bond acceptors (Lipinski definition) is 5. The van der Waals surface area contributed by atoms with E-state index < -0.39 is 15.9 Å². The van der Waals surface area contributed by atoms with Crippen molar-refractivity contribution in [3.8, 4) is 11.5 Å². The molecule has 0 aliphatic heterocycles. The predicted octanol–water partition coefficient (Wildman–Crippen LogP) is 2.94. The van der Waals surface area contributed by atoms with Crippen molar-refractivity contribution in [2.75, 3.05) is 18.1 Å². The van der Waals surface area contributed by atoms with Crippen LogP contribution in [0.5, 0.6) is 11.5 Å². The first-order valence-corrected chi connectivity index (χ1v) is 10.5. The smallest absolute Gasteiger partial charge is 0.153 e. The Labute approximate surface area is 158 Å². The van der Waals surface area contributed by atoms with E-state index in [-0.39, 0.29) is 23.9 Å². The fourth-order valence-electron chi connectivity index (χ4n) is 2.98. The van der Waals surface area contributed by atoms with Gasteiger partial charge < -0.3 is 14.9 Å². The minimum Gasteiger partial charge on any atom is -0.507 e. The van der Waals surface area contributed by atoms with Gasteiger partial charge in [-0.1, -0.05) is 48.5 Å². The molecule has 1 atom stereocenters. The van der Waals surface area contributed by atoms with Crippen LogP contribution in [0, 0.1) is 0 Å². The molecule has 0 aromatic heterocycles. The molecule has 2 N–H and O–H groups in total. The van der Waals surface area contributed by atoms with Crippen LogP contribution >= 0.6 is 0 Å². The fraction of sp³-hybridized carbons (Fsp3) is 0.238. The Bertz CT molecular complexity index is 1000. The molecule has 0 heterocycles. The number of phenolic OH excluding ortho intramolecular Hbond substituents is 1. The van der Waals surface area contributed by atoms with Crippen LogP contribution in [0.15, 0.2) is 66.7 Å². The number of hydrogen-bond donors (Lipinski definition) is 2. The number of aromatic hydroxyl groups is 1. The number of phenols is 1. The van der Waals surface area contributed by atoms with Gasteiger partial charge in [0.15, 0.2) is 9.84 Å². The second kappa shape index (κ2) is 8.41. The molecule has 6 heteroatoms. The van der Waals surface area contributed by atoms with E-state index in [0.717, 1.165) is 10.9 Å². The molecule has 0 amide bonds.